The Morgan fingerprint density at radius 1 is 1.09 bits per heavy atom. The van der Waals surface area contributed by atoms with E-state index in [-0.39, 0.29) is 25.5 Å². The van der Waals surface area contributed by atoms with Crippen molar-refractivity contribution in [3.05, 3.63) is 65.2 Å². The van der Waals surface area contributed by atoms with E-state index in [9.17, 15) is 18.0 Å². The van der Waals surface area contributed by atoms with Crippen molar-refractivity contribution in [3.63, 3.8) is 0 Å². The standard InChI is InChI=1S/C25H34N4O5S/c1-3-4-5-13-27-25(31)23(26)15-20-7-6-8-21(14-20)16-28-18-24(30)29(35(28,32)33)17-19-9-11-22(34-2)12-10-19/h6-12,14,23H,3-5,13,15-18,26H2,1-2H3,(H,27,31)/t23-/m0/s1. The summed E-state index contributed by atoms with van der Waals surface area (Å²) in [4.78, 5) is 24.8. The van der Waals surface area contributed by atoms with Crippen LogP contribution in [0.5, 0.6) is 5.75 Å². The summed E-state index contributed by atoms with van der Waals surface area (Å²) in [6, 6.07) is 13.5. The maximum Gasteiger partial charge on any atom is 0.307 e. The second-order valence-corrected chi connectivity index (χ2v) is 10.5. The van der Waals surface area contributed by atoms with Crippen LogP contribution in [-0.4, -0.2) is 55.1 Å². The molecule has 1 aliphatic heterocycles. The van der Waals surface area contributed by atoms with E-state index < -0.39 is 22.2 Å². The van der Waals surface area contributed by atoms with Crippen LogP contribution in [0.4, 0.5) is 0 Å². The molecule has 0 spiro atoms. The molecule has 1 saturated heterocycles. The van der Waals surface area contributed by atoms with Crippen LogP contribution in [0.3, 0.4) is 0 Å². The van der Waals surface area contributed by atoms with Crippen molar-refractivity contribution in [2.24, 2.45) is 5.73 Å². The fourth-order valence-corrected chi connectivity index (χ4v) is 5.40. The quantitative estimate of drug-likeness (QED) is 0.428. The third-order valence-electron chi connectivity index (χ3n) is 5.90. The lowest BCUT2D eigenvalue weighted by Crippen LogP contribution is -2.42. The smallest absolute Gasteiger partial charge is 0.307 e. The first-order valence-corrected chi connectivity index (χ1v) is 13.2. The molecular formula is C25H34N4O5S. The van der Waals surface area contributed by atoms with Crippen molar-refractivity contribution in [2.75, 3.05) is 20.2 Å². The van der Waals surface area contributed by atoms with Crippen LogP contribution in [0.2, 0.25) is 0 Å². The van der Waals surface area contributed by atoms with E-state index in [1.165, 1.54) is 4.31 Å². The number of hydrogen-bond acceptors (Lipinski definition) is 6. The predicted molar refractivity (Wildman–Crippen MR) is 134 cm³/mol. The van der Waals surface area contributed by atoms with Gasteiger partial charge in [0, 0.05) is 13.1 Å². The highest BCUT2D eigenvalue weighted by molar-refractivity contribution is 7.87. The largest absolute Gasteiger partial charge is 0.497 e. The van der Waals surface area contributed by atoms with Gasteiger partial charge in [-0.15, -0.1) is 0 Å². The van der Waals surface area contributed by atoms with E-state index in [1.54, 1.807) is 43.5 Å². The number of rotatable bonds is 12. The molecule has 35 heavy (non-hydrogen) atoms. The Labute approximate surface area is 207 Å². The average Bonchev–Trinajstić information content (AvgIpc) is 3.05. The van der Waals surface area contributed by atoms with Crippen LogP contribution >= 0.6 is 0 Å². The molecule has 2 aromatic carbocycles. The summed E-state index contributed by atoms with van der Waals surface area (Å²) in [5, 5.41) is 2.86. The topological polar surface area (TPSA) is 122 Å². The van der Waals surface area contributed by atoms with E-state index in [4.69, 9.17) is 10.5 Å². The van der Waals surface area contributed by atoms with Gasteiger partial charge < -0.3 is 15.8 Å². The van der Waals surface area contributed by atoms with Crippen molar-refractivity contribution < 1.29 is 22.7 Å². The van der Waals surface area contributed by atoms with Gasteiger partial charge in [0.2, 0.25) is 5.91 Å². The molecule has 1 heterocycles. The summed E-state index contributed by atoms with van der Waals surface area (Å²) in [7, 11) is -2.41. The van der Waals surface area contributed by atoms with Gasteiger partial charge in [-0.1, -0.05) is 56.2 Å². The van der Waals surface area contributed by atoms with E-state index in [1.807, 2.05) is 12.1 Å². The molecule has 2 amide bonds. The van der Waals surface area contributed by atoms with Crippen molar-refractivity contribution >= 4 is 22.0 Å². The summed E-state index contributed by atoms with van der Waals surface area (Å²) < 4.78 is 33.3. The number of nitrogens with zero attached hydrogens (tertiary/aromatic N) is 2. The Balaban J connectivity index is 1.62. The van der Waals surface area contributed by atoms with Crippen LogP contribution in [0, 0.1) is 0 Å². The minimum atomic E-state index is -3.96. The first-order chi connectivity index (χ1) is 16.7. The molecule has 1 aliphatic rings. The van der Waals surface area contributed by atoms with Crippen molar-refractivity contribution in [1.82, 2.24) is 13.9 Å². The predicted octanol–water partition coefficient (Wildman–Crippen LogP) is 1.96. The Morgan fingerprint density at radius 3 is 2.49 bits per heavy atom. The molecule has 3 rings (SSSR count). The zero-order valence-corrected chi connectivity index (χ0v) is 21.1. The molecule has 0 saturated carbocycles. The third kappa shape index (κ3) is 7.03. The van der Waals surface area contributed by atoms with Crippen LogP contribution in [0.25, 0.3) is 0 Å². The lowest BCUT2D eigenvalue weighted by Gasteiger charge is -2.19. The third-order valence-corrected chi connectivity index (χ3v) is 7.70. The number of nitrogens with one attached hydrogen (secondary N) is 1. The number of carbonyl (C=O) groups excluding carboxylic acids is 2. The molecule has 0 bridgehead atoms. The number of methoxy groups -OCH3 is 1. The molecule has 2 aromatic rings. The molecule has 9 nitrogen and oxygen atoms in total. The van der Waals surface area contributed by atoms with E-state index >= 15 is 0 Å². The zero-order chi connectivity index (χ0) is 25.4. The molecule has 1 atom stereocenters. The Bertz CT molecular complexity index is 1120. The second-order valence-electron chi connectivity index (χ2n) is 8.65. The summed E-state index contributed by atoms with van der Waals surface area (Å²) >= 11 is 0. The highest BCUT2D eigenvalue weighted by atomic mass is 32.2. The Morgan fingerprint density at radius 2 is 1.80 bits per heavy atom. The van der Waals surface area contributed by atoms with E-state index in [0.717, 1.165) is 34.7 Å². The summed E-state index contributed by atoms with van der Waals surface area (Å²) in [6.07, 6.45) is 3.38. The molecule has 0 unspecified atom stereocenters. The second kappa shape index (κ2) is 12.1. The van der Waals surface area contributed by atoms with Crippen LogP contribution < -0.4 is 15.8 Å². The molecule has 190 valence electrons. The fourth-order valence-electron chi connectivity index (χ4n) is 3.91. The van der Waals surface area contributed by atoms with Crippen LogP contribution in [0.15, 0.2) is 48.5 Å². The molecular weight excluding hydrogens is 468 g/mol. The monoisotopic (exact) mass is 502 g/mol. The van der Waals surface area contributed by atoms with Gasteiger partial charge in [0.1, 0.15) is 5.75 Å². The first-order valence-electron chi connectivity index (χ1n) is 11.8. The van der Waals surface area contributed by atoms with Crippen molar-refractivity contribution in [1.29, 1.82) is 0 Å². The molecule has 1 fully saturated rings. The van der Waals surface area contributed by atoms with Gasteiger partial charge in [0.25, 0.3) is 5.91 Å². The van der Waals surface area contributed by atoms with Gasteiger partial charge in [-0.25, -0.2) is 4.31 Å². The maximum absolute atomic E-state index is 13.1. The molecule has 0 aromatic heterocycles. The maximum atomic E-state index is 13.1. The van der Waals surface area contributed by atoms with E-state index in [0.29, 0.717) is 24.3 Å². The number of hydrogen-bond donors (Lipinski definition) is 2. The highest BCUT2D eigenvalue weighted by Crippen LogP contribution is 2.24. The van der Waals surface area contributed by atoms with Crippen LogP contribution in [0.1, 0.15) is 42.9 Å². The number of nitrogens with two attached hydrogens (primary N) is 1. The van der Waals surface area contributed by atoms with Gasteiger partial charge in [0.15, 0.2) is 0 Å². The number of unbranched alkanes of at least 4 members (excludes halogenated alkanes) is 2. The lowest BCUT2D eigenvalue weighted by atomic mass is 10.0. The number of benzene rings is 2. The lowest BCUT2D eigenvalue weighted by molar-refractivity contribution is -0.125. The average molecular weight is 503 g/mol. The van der Waals surface area contributed by atoms with Gasteiger partial charge in [-0.2, -0.15) is 12.7 Å². The normalized spacial score (nSPS) is 16.3. The van der Waals surface area contributed by atoms with Gasteiger partial charge in [0.05, 0.1) is 26.2 Å². The SMILES string of the molecule is CCCCCNC(=O)[C@@H](N)Cc1cccc(CN2CC(=O)N(Cc3ccc(OC)cc3)S2(=O)=O)c1. The van der Waals surface area contributed by atoms with Gasteiger partial charge >= 0.3 is 10.2 Å². The van der Waals surface area contributed by atoms with Crippen molar-refractivity contribution in [3.8, 4) is 5.75 Å². The number of ether oxygens (including phenoxy) is 1. The van der Waals surface area contributed by atoms with E-state index in [2.05, 4.69) is 12.2 Å². The summed E-state index contributed by atoms with van der Waals surface area (Å²) in [5.74, 6) is -0.0216. The number of amides is 2. The van der Waals surface area contributed by atoms with Gasteiger partial charge in [-0.3, -0.25) is 9.59 Å². The Hall–Kier alpha value is -2.95. The molecule has 0 aliphatic carbocycles. The minimum Gasteiger partial charge on any atom is -0.497 e. The molecule has 3 N–H and O–H groups in total. The van der Waals surface area contributed by atoms with Crippen LogP contribution in [-0.2, 0) is 39.3 Å². The number of carbonyl (C=O) groups is 2. The highest BCUT2D eigenvalue weighted by Gasteiger charge is 2.42. The van der Waals surface area contributed by atoms with Gasteiger partial charge in [-0.05, 0) is 41.7 Å². The Kier molecular flexibility index (Phi) is 9.25. The minimum absolute atomic E-state index is 0.0378. The first kappa shape index (κ1) is 26.7. The summed E-state index contributed by atoms with van der Waals surface area (Å²) in [6.45, 7) is 2.50. The fraction of sp³-hybridized carbons (Fsp3) is 0.440. The molecule has 0 radical (unpaired) electrons. The molecule has 10 heteroatoms. The van der Waals surface area contributed by atoms with Crippen molar-refractivity contribution in [2.45, 2.75) is 51.7 Å². The zero-order valence-electron chi connectivity index (χ0n) is 20.3. The summed E-state index contributed by atoms with van der Waals surface area (Å²) in [5.41, 5.74) is 8.31.